The number of hydrogen-bond acceptors (Lipinski definition) is 2. The Morgan fingerprint density at radius 1 is 1.29 bits per heavy atom. The van der Waals surface area contributed by atoms with Crippen molar-refractivity contribution < 1.29 is 18.0 Å². The van der Waals surface area contributed by atoms with Crippen LogP contribution < -0.4 is 5.32 Å². The van der Waals surface area contributed by atoms with Crippen LogP contribution in [-0.2, 0) is 7.05 Å². The number of hydrogen-bond donors (Lipinski definition) is 1. The first kappa shape index (κ1) is 16.5. The van der Waals surface area contributed by atoms with Gasteiger partial charge in [-0.25, -0.2) is 13.2 Å². The number of nitrogens with one attached hydrogen (secondary N) is 1. The van der Waals surface area contributed by atoms with Gasteiger partial charge in [-0.15, -0.1) is 0 Å². The summed E-state index contributed by atoms with van der Waals surface area (Å²) in [4.78, 5) is 12.4. The molecule has 7 heteroatoms. The molecule has 1 aliphatic rings. The molecule has 0 spiro atoms. The molecule has 1 unspecified atom stereocenters. The van der Waals surface area contributed by atoms with Crippen molar-refractivity contribution in [3.63, 3.8) is 0 Å². The number of anilines is 1. The van der Waals surface area contributed by atoms with Crippen molar-refractivity contribution in [1.29, 1.82) is 0 Å². The van der Waals surface area contributed by atoms with E-state index in [1.165, 1.54) is 30.1 Å². The minimum absolute atomic E-state index is 0.0573. The number of amides is 1. The Morgan fingerprint density at radius 2 is 1.96 bits per heavy atom. The second-order valence-electron chi connectivity index (χ2n) is 6.32. The van der Waals surface area contributed by atoms with Crippen molar-refractivity contribution in [3.05, 3.63) is 46.5 Å². The SMILES string of the molecule is CC1C[C@H](C)c2c(NC(=O)c3cn(C)nc3C(F)F)ccc(F)c21. The molecule has 1 aromatic carbocycles. The van der Waals surface area contributed by atoms with Gasteiger partial charge in [0.2, 0.25) is 0 Å². The molecular weight excluding hydrogens is 319 g/mol. The Balaban J connectivity index is 1.97. The number of halogens is 3. The van der Waals surface area contributed by atoms with Gasteiger partial charge in [0.05, 0.1) is 5.56 Å². The fraction of sp³-hybridized carbons (Fsp3) is 0.412. The lowest BCUT2D eigenvalue weighted by atomic mass is 10.00. The fourth-order valence-corrected chi connectivity index (χ4v) is 3.55. The first-order valence-corrected chi connectivity index (χ1v) is 7.75. The molecule has 128 valence electrons. The highest BCUT2D eigenvalue weighted by atomic mass is 19.3. The zero-order valence-corrected chi connectivity index (χ0v) is 13.6. The van der Waals surface area contributed by atoms with Crippen LogP contribution in [0.2, 0.25) is 0 Å². The molecule has 0 saturated heterocycles. The Hall–Kier alpha value is -2.31. The highest BCUT2D eigenvalue weighted by Crippen LogP contribution is 2.46. The summed E-state index contributed by atoms with van der Waals surface area (Å²) in [7, 11) is 1.47. The van der Waals surface area contributed by atoms with Crippen LogP contribution in [-0.4, -0.2) is 15.7 Å². The van der Waals surface area contributed by atoms with Crippen LogP contribution in [0.5, 0.6) is 0 Å². The minimum Gasteiger partial charge on any atom is -0.322 e. The number of aromatic nitrogens is 2. The summed E-state index contributed by atoms with van der Waals surface area (Å²) in [6.07, 6.45) is -0.800. The van der Waals surface area contributed by atoms with E-state index in [0.717, 1.165) is 12.0 Å². The van der Waals surface area contributed by atoms with Crippen molar-refractivity contribution in [1.82, 2.24) is 9.78 Å². The predicted octanol–water partition coefficient (Wildman–Crippen LogP) is 4.36. The lowest BCUT2D eigenvalue weighted by Gasteiger charge is -2.14. The summed E-state index contributed by atoms with van der Waals surface area (Å²) < 4.78 is 41.3. The number of carbonyl (C=O) groups is 1. The molecule has 4 nitrogen and oxygen atoms in total. The Labute approximate surface area is 137 Å². The van der Waals surface area contributed by atoms with Crippen LogP contribution in [0.1, 0.15) is 65.7 Å². The molecule has 2 aromatic rings. The number of nitrogens with zero attached hydrogens (tertiary/aromatic N) is 2. The largest absolute Gasteiger partial charge is 0.322 e. The van der Waals surface area contributed by atoms with Crippen molar-refractivity contribution in [2.24, 2.45) is 7.05 Å². The molecule has 1 N–H and O–H groups in total. The zero-order chi connectivity index (χ0) is 17.6. The summed E-state index contributed by atoms with van der Waals surface area (Å²) >= 11 is 0. The highest BCUT2D eigenvalue weighted by Gasteiger charge is 2.31. The third-order valence-corrected chi connectivity index (χ3v) is 4.48. The standard InChI is InChI=1S/C17H18F3N3O/c1-8-6-9(2)14-12(5-4-11(18)13(8)14)21-17(24)10-7-23(3)22-15(10)16(19)20/h4-5,7-9,16H,6H2,1-3H3,(H,21,24)/t8?,9-/m0/s1. The van der Waals surface area contributed by atoms with E-state index in [4.69, 9.17) is 0 Å². The molecular formula is C17H18F3N3O. The number of rotatable bonds is 3. The molecule has 1 amide bonds. The highest BCUT2D eigenvalue weighted by molar-refractivity contribution is 6.05. The van der Waals surface area contributed by atoms with E-state index in [0.29, 0.717) is 11.3 Å². The van der Waals surface area contributed by atoms with Crippen LogP contribution in [0, 0.1) is 5.82 Å². The monoisotopic (exact) mass is 337 g/mol. The topological polar surface area (TPSA) is 46.9 Å². The van der Waals surface area contributed by atoms with Crippen LogP contribution in [0.4, 0.5) is 18.9 Å². The molecule has 24 heavy (non-hydrogen) atoms. The molecule has 3 rings (SSSR count). The quantitative estimate of drug-likeness (QED) is 0.904. The third kappa shape index (κ3) is 2.68. The molecule has 0 fully saturated rings. The van der Waals surface area contributed by atoms with Crippen LogP contribution in [0.15, 0.2) is 18.3 Å². The first-order chi connectivity index (χ1) is 11.3. The van der Waals surface area contributed by atoms with E-state index in [-0.39, 0.29) is 23.2 Å². The summed E-state index contributed by atoms with van der Waals surface area (Å²) in [5.74, 6) is -0.820. The molecule has 1 heterocycles. The third-order valence-electron chi connectivity index (χ3n) is 4.48. The Bertz CT molecular complexity index is 801. The first-order valence-electron chi connectivity index (χ1n) is 7.75. The van der Waals surface area contributed by atoms with Crippen LogP contribution in [0.25, 0.3) is 0 Å². The lowest BCUT2D eigenvalue weighted by molar-refractivity contribution is 0.101. The van der Waals surface area contributed by atoms with E-state index in [1.54, 1.807) is 0 Å². The minimum atomic E-state index is -2.84. The van der Waals surface area contributed by atoms with Gasteiger partial charge in [0, 0.05) is 18.9 Å². The number of benzene rings is 1. The average molecular weight is 337 g/mol. The van der Waals surface area contributed by atoms with E-state index in [1.807, 2.05) is 13.8 Å². The maximum atomic E-state index is 14.1. The van der Waals surface area contributed by atoms with Crippen molar-refractivity contribution in [2.45, 2.75) is 38.5 Å². The van der Waals surface area contributed by atoms with Gasteiger partial charge in [0.25, 0.3) is 12.3 Å². The molecule has 0 saturated carbocycles. The second-order valence-corrected chi connectivity index (χ2v) is 6.32. The molecule has 0 bridgehead atoms. The zero-order valence-electron chi connectivity index (χ0n) is 13.6. The average Bonchev–Trinajstić information content (AvgIpc) is 3.03. The van der Waals surface area contributed by atoms with E-state index >= 15 is 0 Å². The second kappa shape index (κ2) is 5.96. The normalized spacial score (nSPS) is 19.6. The summed E-state index contributed by atoms with van der Waals surface area (Å²) in [5.41, 5.74) is 1.08. The molecule has 0 aliphatic heterocycles. The smallest absolute Gasteiger partial charge is 0.282 e. The number of alkyl halides is 2. The summed E-state index contributed by atoms with van der Waals surface area (Å²) in [6, 6.07) is 2.79. The number of fused-ring (bicyclic) bond motifs is 1. The Kier molecular flexibility index (Phi) is 4.11. The van der Waals surface area contributed by atoms with Crippen LogP contribution in [0.3, 0.4) is 0 Å². The van der Waals surface area contributed by atoms with Gasteiger partial charge >= 0.3 is 0 Å². The van der Waals surface area contributed by atoms with Crippen molar-refractivity contribution in [3.8, 4) is 0 Å². The molecule has 2 atom stereocenters. The van der Waals surface area contributed by atoms with E-state index in [9.17, 15) is 18.0 Å². The van der Waals surface area contributed by atoms with Gasteiger partial charge in [-0.3, -0.25) is 9.48 Å². The van der Waals surface area contributed by atoms with Gasteiger partial charge in [0.1, 0.15) is 11.5 Å². The predicted molar refractivity (Wildman–Crippen MR) is 84.0 cm³/mol. The Morgan fingerprint density at radius 3 is 2.62 bits per heavy atom. The summed E-state index contributed by atoms with van der Waals surface area (Å²) in [6.45, 7) is 3.90. The van der Waals surface area contributed by atoms with E-state index in [2.05, 4.69) is 10.4 Å². The summed E-state index contributed by atoms with van der Waals surface area (Å²) in [5, 5.41) is 6.29. The maximum absolute atomic E-state index is 14.1. The lowest BCUT2D eigenvalue weighted by Crippen LogP contribution is -2.15. The van der Waals surface area contributed by atoms with Gasteiger partial charge in [-0.2, -0.15) is 5.10 Å². The van der Waals surface area contributed by atoms with Crippen molar-refractivity contribution >= 4 is 11.6 Å². The molecule has 1 aromatic heterocycles. The van der Waals surface area contributed by atoms with Gasteiger partial charge in [-0.1, -0.05) is 13.8 Å². The molecule has 0 radical (unpaired) electrons. The van der Waals surface area contributed by atoms with Gasteiger partial charge in [0.15, 0.2) is 0 Å². The number of carbonyl (C=O) groups excluding carboxylic acids is 1. The fourth-order valence-electron chi connectivity index (χ4n) is 3.55. The van der Waals surface area contributed by atoms with Gasteiger partial charge < -0.3 is 5.32 Å². The van der Waals surface area contributed by atoms with E-state index < -0.39 is 18.0 Å². The number of aryl methyl sites for hydroxylation is 1. The van der Waals surface area contributed by atoms with Gasteiger partial charge in [-0.05, 0) is 41.5 Å². The maximum Gasteiger partial charge on any atom is 0.282 e. The van der Waals surface area contributed by atoms with Crippen LogP contribution >= 0.6 is 0 Å². The molecule has 1 aliphatic carbocycles. The van der Waals surface area contributed by atoms with Crippen molar-refractivity contribution in [2.75, 3.05) is 5.32 Å².